The lowest BCUT2D eigenvalue weighted by atomic mass is 10.3. The van der Waals surface area contributed by atoms with E-state index in [0.717, 1.165) is 0 Å². The molecule has 0 radical (unpaired) electrons. The van der Waals surface area contributed by atoms with E-state index in [2.05, 4.69) is 15.4 Å². The minimum Gasteiger partial charge on any atom is -0.508 e. The number of pyridine rings is 1. The molecule has 0 saturated carbocycles. The topological polar surface area (TPSA) is 67.1 Å². The summed E-state index contributed by atoms with van der Waals surface area (Å²) in [6.07, 6.45) is 1.61. The summed E-state index contributed by atoms with van der Waals surface area (Å²) in [5, 5.41) is 16.4. The molecule has 1 aromatic heterocycles. The van der Waals surface area contributed by atoms with Crippen molar-refractivity contribution in [1.82, 2.24) is 4.98 Å². The zero-order chi connectivity index (χ0) is 11.2. The fourth-order valence-electron chi connectivity index (χ4n) is 1.06. The molecule has 1 heterocycles. The van der Waals surface area contributed by atoms with Crippen molar-refractivity contribution in [2.75, 3.05) is 0 Å². The van der Waals surface area contributed by atoms with Gasteiger partial charge in [0.15, 0.2) is 11.6 Å². The second-order valence-corrected chi connectivity index (χ2v) is 2.96. The van der Waals surface area contributed by atoms with Gasteiger partial charge in [0, 0.05) is 17.5 Å². The molecule has 0 saturated heterocycles. The minimum atomic E-state index is 0.116. The van der Waals surface area contributed by atoms with Gasteiger partial charge in [0.25, 0.3) is 0 Å². The molecule has 16 heavy (non-hydrogen) atoms. The van der Waals surface area contributed by atoms with E-state index in [1.165, 1.54) is 6.07 Å². The number of nitrogens with zero attached hydrogens (tertiary/aromatic N) is 3. The summed E-state index contributed by atoms with van der Waals surface area (Å²) in [7, 11) is 0. The van der Waals surface area contributed by atoms with Crippen LogP contribution in [0.25, 0.3) is 0 Å². The van der Waals surface area contributed by atoms with Crippen molar-refractivity contribution in [3.8, 4) is 11.5 Å². The summed E-state index contributed by atoms with van der Waals surface area (Å²) >= 11 is 0. The first-order chi connectivity index (χ1) is 7.84. The lowest BCUT2D eigenvalue weighted by Crippen LogP contribution is -1.80. The molecule has 0 aliphatic heterocycles. The first kappa shape index (κ1) is 10.1. The Morgan fingerprint density at radius 2 is 2.06 bits per heavy atom. The second-order valence-electron chi connectivity index (χ2n) is 2.96. The molecule has 1 aromatic carbocycles. The van der Waals surface area contributed by atoms with Crippen molar-refractivity contribution in [2.45, 2.75) is 0 Å². The van der Waals surface area contributed by atoms with E-state index in [0.29, 0.717) is 11.6 Å². The first-order valence-electron chi connectivity index (χ1n) is 4.63. The Labute approximate surface area is 92.0 Å². The SMILES string of the molecule is Oc1cccc(ON=Nc2ccccn2)c1. The molecule has 0 amide bonds. The smallest absolute Gasteiger partial charge is 0.177 e. The normalized spacial score (nSPS) is 10.5. The lowest BCUT2D eigenvalue weighted by molar-refractivity contribution is 0.310. The maximum Gasteiger partial charge on any atom is 0.177 e. The van der Waals surface area contributed by atoms with Crippen molar-refractivity contribution in [3.05, 3.63) is 48.7 Å². The third kappa shape index (κ3) is 2.78. The predicted molar refractivity (Wildman–Crippen MR) is 57.5 cm³/mol. The van der Waals surface area contributed by atoms with E-state index in [-0.39, 0.29) is 5.75 Å². The van der Waals surface area contributed by atoms with Gasteiger partial charge >= 0.3 is 0 Å². The second kappa shape index (κ2) is 4.88. The number of hydrogen-bond acceptors (Lipinski definition) is 5. The fraction of sp³-hybridized carbons (Fsp3) is 0. The summed E-state index contributed by atoms with van der Waals surface area (Å²) in [5.41, 5.74) is 0. The van der Waals surface area contributed by atoms with E-state index in [1.807, 2.05) is 0 Å². The molecule has 0 atom stereocenters. The van der Waals surface area contributed by atoms with E-state index >= 15 is 0 Å². The number of phenols is 1. The molecular weight excluding hydrogens is 206 g/mol. The summed E-state index contributed by atoms with van der Waals surface area (Å²) in [5.74, 6) is 0.993. The Bertz CT molecular complexity index is 486. The Balaban J connectivity index is 2.00. The summed E-state index contributed by atoms with van der Waals surface area (Å²) in [6.45, 7) is 0. The van der Waals surface area contributed by atoms with Gasteiger partial charge in [-0.1, -0.05) is 17.2 Å². The largest absolute Gasteiger partial charge is 0.508 e. The third-order valence-corrected chi connectivity index (χ3v) is 1.76. The summed E-state index contributed by atoms with van der Waals surface area (Å²) in [6, 6.07) is 11.6. The van der Waals surface area contributed by atoms with Gasteiger partial charge in [-0.15, -0.1) is 0 Å². The van der Waals surface area contributed by atoms with Gasteiger partial charge in [0.2, 0.25) is 0 Å². The highest BCUT2D eigenvalue weighted by molar-refractivity contribution is 5.31. The monoisotopic (exact) mass is 215 g/mol. The van der Waals surface area contributed by atoms with Crippen LogP contribution in [-0.2, 0) is 0 Å². The molecule has 0 unspecified atom stereocenters. The van der Waals surface area contributed by atoms with Gasteiger partial charge in [-0.3, -0.25) is 0 Å². The van der Waals surface area contributed by atoms with Crippen molar-refractivity contribution in [1.29, 1.82) is 0 Å². The zero-order valence-electron chi connectivity index (χ0n) is 8.32. The van der Waals surface area contributed by atoms with Gasteiger partial charge in [0.05, 0.1) is 0 Å². The van der Waals surface area contributed by atoms with E-state index in [4.69, 9.17) is 9.94 Å². The van der Waals surface area contributed by atoms with Crippen LogP contribution >= 0.6 is 0 Å². The molecule has 1 N–H and O–H groups in total. The fourth-order valence-corrected chi connectivity index (χ4v) is 1.06. The number of phenolic OH excluding ortho intramolecular Hbond substituents is 1. The van der Waals surface area contributed by atoms with Crippen molar-refractivity contribution in [2.24, 2.45) is 10.4 Å². The third-order valence-electron chi connectivity index (χ3n) is 1.76. The van der Waals surface area contributed by atoms with Crippen LogP contribution in [0.1, 0.15) is 0 Å². The van der Waals surface area contributed by atoms with Crippen LogP contribution in [0.4, 0.5) is 5.82 Å². The molecule has 2 rings (SSSR count). The first-order valence-corrected chi connectivity index (χ1v) is 4.63. The van der Waals surface area contributed by atoms with Crippen LogP contribution in [0.3, 0.4) is 0 Å². The Morgan fingerprint density at radius 3 is 2.81 bits per heavy atom. The van der Waals surface area contributed by atoms with Gasteiger partial charge in [-0.05, 0) is 24.3 Å². The number of aromatic nitrogens is 1. The van der Waals surface area contributed by atoms with E-state index in [9.17, 15) is 0 Å². The van der Waals surface area contributed by atoms with Crippen molar-refractivity contribution in [3.63, 3.8) is 0 Å². The zero-order valence-corrected chi connectivity index (χ0v) is 8.32. The van der Waals surface area contributed by atoms with Crippen LogP contribution < -0.4 is 4.84 Å². The number of rotatable bonds is 3. The number of hydrogen-bond donors (Lipinski definition) is 1. The minimum absolute atomic E-state index is 0.116. The van der Waals surface area contributed by atoms with Gasteiger partial charge in [-0.2, -0.15) is 0 Å². The molecule has 5 nitrogen and oxygen atoms in total. The molecule has 80 valence electrons. The van der Waals surface area contributed by atoms with Crippen molar-refractivity contribution < 1.29 is 9.94 Å². The molecule has 0 aliphatic carbocycles. The van der Waals surface area contributed by atoms with E-state index in [1.54, 1.807) is 42.6 Å². The van der Waals surface area contributed by atoms with Crippen LogP contribution in [0.5, 0.6) is 11.5 Å². The van der Waals surface area contributed by atoms with Gasteiger partial charge < -0.3 is 9.94 Å². The van der Waals surface area contributed by atoms with Crippen LogP contribution in [0.2, 0.25) is 0 Å². The average Bonchev–Trinajstić information content (AvgIpc) is 2.30. The molecular formula is C11H9N3O2. The highest BCUT2D eigenvalue weighted by Gasteiger charge is 1.94. The molecule has 5 heteroatoms. The molecule has 2 aromatic rings. The summed E-state index contributed by atoms with van der Waals surface area (Å²) < 4.78 is 0. The Kier molecular flexibility index (Phi) is 3.08. The molecule has 0 spiro atoms. The Hall–Kier alpha value is -2.43. The lowest BCUT2D eigenvalue weighted by Gasteiger charge is -1.96. The Morgan fingerprint density at radius 1 is 1.12 bits per heavy atom. The number of aromatic hydroxyl groups is 1. The molecule has 0 fully saturated rings. The molecule has 0 bridgehead atoms. The highest BCUT2D eigenvalue weighted by Crippen LogP contribution is 2.18. The van der Waals surface area contributed by atoms with Crippen molar-refractivity contribution >= 4 is 5.82 Å². The van der Waals surface area contributed by atoms with Gasteiger partial charge in [-0.25, -0.2) is 4.98 Å². The quantitative estimate of drug-likeness (QED) is 0.632. The maximum absolute atomic E-state index is 9.16. The highest BCUT2D eigenvalue weighted by atomic mass is 16.6. The number of benzene rings is 1. The standard InChI is InChI=1S/C11H9N3O2/c15-9-4-3-5-10(8-9)16-14-13-11-6-1-2-7-12-11/h1-8,15H. The van der Waals surface area contributed by atoms with E-state index < -0.39 is 0 Å². The van der Waals surface area contributed by atoms with Crippen LogP contribution in [-0.4, -0.2) is 10.1 Å². The summed E-state index contributed by atoms with van der Waals surface area (Å²) in [4.78, 5) is 8.89. The van der Waals surface area contributed by atoms with Crippen LogP contribution in [0, 0.1) is 0 Å². The maximum atomic E-state index is 9.16. The van der Waals surface area contributed by atoms with Gasteiger partial charge in [0.1, 0.15) is 5.75 Å². The predicted octanol–water partition coefficient (Wildman–Crippen LogP) is 2.86. The average molecular weight is 215 g/mol. The van der Waals surface area contributed by atoms with Crippen LogP contribution in [0.15, 0.2) is 59.1 Å². The molecule has 0 aliphatic rings.